The van der Waals surface area contributed by atoms with Crippen LogP contribution in [-0.4, -0.2) is 30.0 Å². The number of aromatic nitrogens is 2. The van der Waals surface area contributed by atoms with Gasteiger partial charge in [0.2, 0.25) is 11.8 Å². The van der Waals surface area contributed by atoms with Crippen LogP contribution in [0.15, 0.2) is 28.7 Å². The van der Waals surface area contributed by atoms with Crippen molar-refractivity contribution in [2.45, 2.75) is 45.1 Å². The van der Waals surface area contributed by atoms with Gasteiger partial charge in [-0.2, -0.15) is 0 Å². The molecule has 1 aromatic heterocycles. The van der Waals surface area contributed by atoms with Gasteiger partial charge in [-0.15, -0.1) is 10.2 Å². The Morgan fingerprint density at radius 3 is 2.43 bits per heavy atom. The summed E-state index contributed by atoms with van der Waals surface area (Å²) in [7, 11) is 0. The van der Waals surface area contributed by atoms with Crippen molar-refractivity contribution in [3.05, 3.63) is 47.2 Å². The fourth-order valence-electron chi connectivity index (χ4n) is 3.16. The van der Waals surface area contributed by atoms with E-state index in [1.807, 2.05) is 6.92 Å². The predicted molar refractivity (Wildman–Crippen MR) is 88.4 cm³/mol. The summed E-state index contributed by atoms with van der Waals surface area (Å²) in [5.41, 5.74) is 2.78. The van der Waals surface area contributed by atoms with Crippen molar-refractivity contribution >= 4 is 0 Å². The highest BCUT2D eigenvalue weighted by Gasteiger charge is 2.34. The van der Waals surface area contributed by atoms with E-state index in [1.54, 1.807) is 0 Å². The van der Waals surface area contributed by atoms with Gasteiger partial charge in [0.25, 0.3) is 0 Å². The molecular weight excluding hydrogens is 290 g/mol. The Labute approximate surface area is 137 Å². The molecule has 5 heteroatoms. The van der Waals surface area contributed by atoms with Crippen LogP contribution in [0, 0.1) is 13.8 Å². The van der Waals surface area contributed by atoms with Crippen LogP contribution in [0.25, 0.3) is 0 Å². The van der Waals surface area contributed by atoms with Crippen molar-refractivity contribution in [3.8, 4) is 0 Å². The average Bonchev–Trinajstić information content (AvgIpc) is 3.01. The molecule has 2 aromatic rings. The van der Waals surface area contributed by atoms with E-state index in [4.69, 9.17) is 9.15 Å². The molecule has 124 valence electrons. The molecule has 1 N–H and O–H groups in total. The molecule has 1 aromatic carbocycles. The SMILES string of the molecule is Cc1ccc(C2(CNC(C)c3nnc(C)o3)CCOCC2)cc1. The summed E-state index contributed by atoms with van der Waals surface area (Å²) in [5.74, 6) is 1.25. The number of benzene rings is 1. The van der Waals surface area contributed by atoms with Gasteiger partial charge in [-0.05, 0) is 32.3 Å². The molecule has 0 saturated carbocycles. The largest absolute Gasteiger partial charge is 0.424 e. The Kier molecular flexibility index (Phi) is 4.78. The average molecular weight is 315 g/mol. The summed E-state index contributed by atoms with van der Waals surface area (Å²) in [4.78, 5) is 0. The lowest BCUT2D eigenvalue weighted by molar-refractivity contribution is 0.0487. The molecule has 1 aliphatic heterocycles. The van der Waals surface area contributed by atoms with Crippen molar-refractivity contribution in [2.24, 2.45) is 0 Å². The number of hydrogen-bond donors (Lipinski definition) is 1. The van der Waals surface area contributed by atoms with Crippen LogP contribution in [0.2, 0.25) is 0 Å². The molecular formula is C18H25N3O2. The molecule has 1 atom stereocenters. The molecule has 2 heterocycles. The monoisotopic (exact) mass is 315 g/mol. The summed E-state index contributed by atoms with van der Waals surface area (Å²) in [6.07, 6.45) is 2.05. The van der Waals surface area contributed by atoms with E-state index in [0.717, 1.165) is 32.6 Å². The fraction of sp³-hybridized carbons (Fsp3) is 0.556. The summed E-state index contributed by atoms with van der Waals surface area (Å²) >= 11 is 0. The maximum Gasteiger partial charge on any atom is 0.233 e. The van der Waals surface area contributed by atoms with Crippen LogP contribution in [0.3, 0.4) is 0 Å². The third-order valence-electron chi connectivity index (χ3n) is 4.77. The van der Waals surface area contributed by atoms with Crippen molar-refractivity contribution in [1.29, 1.82) is 0 Å². The number of nitrogens with zero attached hydrogens (tertiary/aromatic N) is 2. The van der Waals surface area contributed by atoms with Gasteiger partial charge in [-0.1, -0.05) is 29.8 Å². The first-order valence-corrected chi connectivity index (χ1v) is 8.27. The number of rotatable bonds is 5. The van der Waals surface area contributed by atoms with Crippen molar-refractivity contribution in [2.75, 3.05) is 19.8 Å². The first kappa shape index (κ1) is 16.1. The van der Waals surface area contributed by atoms with E-state index in [1.165, 1.54) is 11.1 Å². The third-order valence-corrected chi connectivity index (χ3v) is 4.77. The van der Waals surface area contributed by atoms with Crippen LogP contribution in [0.5, 0.6) is 0 Å². The number of nitrogens with one attached hydrogen (secondary N) is 1. The number of ether oxygens (including phenoxy) is 1. The highest BCUT2D eigenvalue weighted by atomic mass is 16.5. The molecule has 1 aliphatic rings. The lowest BCUT2D eigenvalue weighted by Gasteiger charge is -2.38. The second kappa shape index (κ2) is 6.81. The van der Waals surface area contributed by atoms with Gasteiger partial charge in [0.15, 0.2) is 0 Å². The molecule has 1 fully saturated rings. The minimum Gasteiger partial charge on any atom is -0.424 e. The zero-order chi connectivity index (χ0) is 16.3. The molecule has 1 saturated heterocycles. The van der Waals surface area contributed by atoms with Crippen LogP contribution in [0.1, 0.15) is 48.7 Å². The van der Waals surface area contributed by atoms with Crippen molar-refractivity contribution in [3.63, 3.8) is 0 Å². The number of aryl methyl sites for hydroxylation is 2. The first-order valence-electron chi connectivity index (χ1n) is 8.27. The Hall–Kier alpha value is -1.72. The van der Waals surface area contributed by atoms with Crippen molar-refractivity contribution in [1.82, 2.24) is 15.5 Å². The van der Waals surface area contributed by atoms with Gasteiger partial charge >= 0.3 is 0 Å². The Morgan fingerprint density at radius 1 is 1.13 bits per heavy atom. The summed E-state index contributed by atoms with van der Waals surface area (Å²) in [5, 5.41) is 11.6. The van der Waals surface area contributed by atoms with Gasteiger partial charge in [0.05, 0.1) is 6.04 Å². The van der Waals surface area contributed by atoms with E-state index < -0.39 is 0 Å². The second-order valence-electron chi connectivity index (χ2n) is 6.52. The summed E-state index contributed by atoms with van der Waals surface area (Å²) in [6, 6.07) is 8.93. The standard InChI is InChI=1S/C18H25N3O2/c1-13-4-6-16(7-5-13)18(8-10-22-11-9-18)12-19-14(2)17-21-20-15(3)23-17/h4-7,14,19H,8-12H2,1-3H3. The maximum absolute atomic E-state index is 5.60. The molecule has 3 rings (SSSR count). The molecule has 0 bridgehead atoms. The van der Waals surface area contributed by atoms with Gasteiger partial charge in [0.1, 0.15) is 0 Å². The van der Waals surface area contributed by atoms with Crippen LogP contribution in [0.4, 0.5) is 0 Å². The van der Waals surface area contributed by atoms with Gasteiger partial charge < -0.3 is 14.5 Å². The third kappa shape index (κ3) is 3.62. The van der Waals surface area contributed by atoms with Crippen LogP contribution < -0.4 is 5.32 Å². The lowest BCUT2D eigenvalue weighted by atomic mass is 9.74. The topological polar surface area (TPSA) is 60.2 Å². The van der Waals surface area contributed by atoms with E-state index in [-0.39, 0.29) is 11.5 Å². The molecule has 0 aliphatic carbocycles. The smallest absolute Gasteiger partial charge is 0.233 e. The predicted octanol–water partition coefficient (Wildman–Crippen LogP) is 3.09. The van der Waals surface area contributed by atoms with Gasteiger partial charge in [-0.25, -0.2) is 0 Å². The Balaban J connectivity index is 1.75. The van der Waals surface area contributed by atoms with Crippen molar-refractivity contribution < 1.29 is 9.15 Å². The second-order valence-corrected chi connectivity index (χ2v) is 6.52. The summed E-state index contributed by atoms with van der Waals surface area (Å²) in [6.45, 7) is 8.50. The van der Waals surface area contributed by atoms with E-state index in [2.05, 4.69) is 53.6 Å². The van der Waals surface area contributed by atoms with Crippen LogP contribution in [-0.2, 0) is 10.2 Å². The first-order chi connectivity index (χ1) is 11.1. The molecule has 23 heavy (non-hydrogen) atoms. The maximum atomic E-state index is 5.60. The van der Waals surface area contributed by atoms with E-state index in [0.29, 0.717) is 11.8 Å². The van der Waals surface area contributed by atoms with Crippen LogP contribution >= 0.6 is 0 Å². The Morgan fingerprint density at radius 2 is 1.83 bits per heavy atom. The Bertz CT molecular complexity index is 630. The van der Waals surface area contributed by atoms with E-state index in [9.17, 15) is 0 Å². The van der Waals surface area contributed by atoms with Gasteiger partial charge in [-0.3, -0.25) is 0 Å². The molecule has 0 spiro atoms. The normalized spacial score (nSPS) is 18.7. The fourth-order valence-corrected chi connectivity index (χ4v) is 3.16. The van der Waals surface area contributed by atoms with Gasteiger partial charge in [0, 0.05) is 32.1 Å². The molecule has 0 radical (unpaired) electrons. The molecule has 5 nitrogen and oxygen atoms in total. The number of hydrogen-bond acceptors (Lipinski definition) is 5. The molecule has 0 amide bonds. The highest BCUT2D eigenvalue weighted by molar-refractivity contribution is 5.30. The quantitative estimate of drug-likeness (QED) is 0.919. The minimum atomic E-state index is 0.0429. The zero-order valence-corrected chi connectivity index (χ0v) is 14.1. The minimum absolute atomic E-state index is 0.0429. The molecule has 1 unspecified atom stereocenters. The summed E-state index contributed by atoms with van der Waals surface area (Å²) < 4.78 is 11.1. The lowest BCUT2D eigenvalue weighted by Crippen LogP contribution is -2.43. The van der Waals surface area contributed by atoms with E-state index >= 15 is 0 Å². The zero-order valence-electron chi connectivity index (χ0n) is 14.1. The highest BCUT2D eigenvalue weighted by Crippen LogP contribution is 2.35.